The number of nitrogens with two attached hydrogens (primary N) is 1. The Morgan fingerprint density at radius 3 is 3.07 bits per heavy atom. The molecule has 14 heavy (non-hydrogen) atoms. The lowest BCUT2D eigenvalue weighted by Crippen LogP contribution is -2.40. The quantitative estimate of drug-likeness (QED) is 0.739. The van der Waals surface area contributed by atoms with Crippen molar-refractivity contribution >= 4 is 17.7 Å². The molecule has 0 aromatic heterocycles. The number of thioether (sulfide) groups is 1. The first-order valence-electron chi connectivity index (χ1n) is 5.31. The number of carbonyl (C=O) groups is 1. The van der Waals surface area contributed by atoms with Gasteiger partial charge in [-0.05, 0) is 43.6 Å². The standard InChI is InChI=1S/C10H20N2OS/c1-8(11)10(13)12-7-9-3-2-5-14-6-4-9/h8-9H,2-7,11H2,1H3,(H,12,13)/t8-,9?/m1/s1. The lowest BCUT2D eigenvalue weighted by molar-refractivity contribution is -0.122. The Kier molecular flexibility index (Phi) is 5.33. The van der Waals surface area contributed by atoms with Gasteiger partial charge in [0, 0.05) is 6.54 Å². The van der Waals surface area contributed by atoms with Gasteiger partial charge in [-0.1, -0.05) is 0 Å². The molecule has 1 heterocycles. The summed E-state index contributed by atoms with van der Waals surface area (Å²) in [6.07, 6.45) is 3.75. The van der Waals surface area contributed by atoms with E-state index in [1.807, 2.05) is 11.8 Å². The second-order valence-electron chi connectivity index (χ2n) is 3.94. The zero-order valence-electron chi connectivity index (χ0n) is 8.79. The van der Waals surface area contributed by atoms with Gasteiger partial charge in [-0.3, -0.25) is 4.79 Å². The molecular formula is C10H20N2OS. The molecule has 0 aliphatic carbocycles. The maximum absolute atomic E-state index is 11.2. The average molecular weight is 216 g/mol. The minimum atomic E-state index is -0.379. The summed E-state index contributed by atoms with van der Waals surface area (Å²) in [6, 6.07) is -0.379. The van der Waals surface area contributed by atoms with Crippen LogP contribution in [0.4, 0.5) is 0 Å². The predicted octanol–water partition coefficient (Wildman–Crippen LogP) is 0.983. The summed E-state index contributed by atoms with van der Waals surface area (Å²) in [7, 11) is 0. The number of hydrogen-bond donors (Lipinski definition) is 2. The molecule has 1 aliphatic heterocycles. The van der Waals surface area contributed by atoms with Crippen molar-refractivity contribution < 1.29 is 4.79 Å². The molecule has 1 aliphatic rings. The van der Waals surface area contributed by atoms with E-state index in [9.17, 15) is 4.79 Å². The predicted molar refractivity (Wildman–Crippen MR) is 61.3 cm³/mol. The SMILES string of the molecule is C[C@@H](N)C(=O)NCC1CCCSCC1. The molecule has 1 rings (SSSR count). The van der Waals surface area contributed by atoms with Gasteiger partial charge in [0.2, 0.25) is 5.91 Å². The van der Waals surface area contributed by atoms with Gasteiger partial charge in [0.05, 0.1) is 6.04 Å². The van der Waals surface area contributed by atoms with Crippen molar-refractivity contribution in [1.82, 2.24) is 5.32 Å². The van der Waals surface area contributed by atoms with Gasteiger partial charge in [-0.15, -0.1) is 0 Å². The largest absolute Gasteiger partial charge is 0.354 e. The van der Waals surface area contributed by atoms with E-state index in [0.717, 1.165) is 6.54 Å². The fourth-order valence-electron chi connectivity index (χ4n) is 1.58. The molecule has 0 saturated carbocycles. The molecule has 3 N–H and O–H groups in total. The van der Waals surface area contributed by atoms with Gasteiger partial charge >= 0.3 is 0 Å². The highest BCUT2D eigenvalue weighted by Crippen LogP contribution is 2.21. The smallest absolute Gasteiger partial charge is 0.236 e. The van der Waals surface area contributed by atoms with Crippen LogP contribution in [-0.4, -0.2) is 30.0 Å². The molecule has 1 fully saturated rings. The van der Waals surface area contributed by atoms with E-state index in [1.165, 1.54) is 30.8 Å². The fraction of sp³-hybridized carbons (Fsp3) is 0.900. The Bertz CT molecular complexity index is 177. The van der Waals surface area contributed by atoms with Crippen molar-refractivity contribution in [2.75, 3.05) is 18.1 Å². The summed E-state index contributed by atoms with van der Waals surface area (Å²) < 4.78 is 0. The highest BCUT2D eigenvalue weighted by atomic mass is 32.2. The average Bonchev–Trinajstić information content (AvgIpc) is 2.42. The fourth-order valence-corrected chi connectivity index (χ4v) is 2.66. The van der Waals surface area contributed by atoms with E-state index in [-0.39, 0.29) is 11.9 Å². The summed E-state index contributed by atoms with van der Waals surface area (Å²) in [4.78, 5) is 11.2. The number of nitrogens with one attached hydrogen (secondary N) is 1. The van der Waals surface area contributed by atoms with Gasteiger partial charge in [0.25, 0.3) is 0 Å². The van der Waals surface area contributed by atoms with E-state index in [1.54, 1.807) is 6.92 Å². The molecule has 1 amide bonds. The van der Waals surface area contributed by atoms with E-state index in [0.29, 0.717) is 5.92 Å². The second-order valence-corrected chi connectivity index (χ2v) is 5.17. The number of rotatable bonds is 3. The maximum Gasteiger partial charge on any atom is 0.236 e. The molecular weight excluding hydrogens is 196 g/mol. The molecule has 4 heteroatoms. The van der Waals surface area contributed by atoms with E-state index in [4.69, 9.17) is 5.73 Å². The Balaban J connectivity index is 2.19. The van der Waals surface area contributed by atoms with Crippen LogP contribution in [-0.2, 0) is 4.79 Å². The number of carbonyl (C=O) groups excluding carboxylic acids is 1. The molecule has 1 unspecified atom stereocenters. The normalized spacial score (nSPS) is 25.1. The van der Waals surface area contributed by atoms with Crippen molar-refractivity contribution in [2.24, 2.45) is 11.7 Å². The van der Waals surface area contributed by atoms with E-state index < -0.39 is 0 Å². The molecule has 0 aromatic rings. The van der Waals surface area contributed by atoms with Crippen LogP contribution in [0, 0.1) is 5.92 Å². The number of amides is 1. The third-order valence-electron chi connectivity index (χ3n) is 2.55. The Morgan fingerprint density at radius 2 is 2.36 bits per heavy atom. The first kappa shape index (κ1) is 11.9. The van der Waals surface area contributed by atoms with Crippen LogP contribution in [0.25, 0.3) is 0 Å². The van der Waals surface area contributed by atoms with Crippen LogP contribution < -0.4 is 11.1 Å². The summed E-state index contributed by atoms with van der Waals surface area (Å²) in [5, 5.41) is 2.91. The zero-order chi connectivity index (χ0) is 10.4. The minimum absolute atomic E-state index is 0.0260. The maximum atomic E-state index is 11.2. The van der Waals surface area contributed by atoms with Crippen LogP contribution in [0.3, 0.4) is 0 Å². The van der Waals surface area contributed by atoms with Gasteiger partial charge in [0.15, 0.2) is 0 Å². The van der Waals surface area contributed by atoms with Gasteiger partial charge in [-0.2, -0.15) is 11.8 Å². The van der Waals surface area contributed by atoms with Crippen LogP contribution >= 0.6 is 11.8 Å². The minimum Gasteiger partial charge on any atom is -0.354 e. The summed E-state index contributed by atoms with van der Waals surface area (Å²) in [5.74, 6) is 3.14. The summed E-state index contributed by atoms with van der Waals surface area (Å²) in [5.41, 5.74) is 5.47. The van der Waals surface area contributed by atoms with Crippen LogP contribution in [0.15, 0.2) is 0 Å². The molecule has 0 spiro atoms. The molecule has 1 saturated heterocycles. The molecule has 2 atom stereocenters. The Hall–Kier alpha value is -0.220. The summed E-state index contributed by atoms with van der Waals surface area (Å²) >= 11 is 2.02. The first-order chi connectivity index (χ1) is 6.70. The zero-order valence-corrected chi connectivity index (χ0v) is 9.61. The highest BCUT2D eigenvalue weighted by molar-refractivity contribution is 7.99. The van der Waals surface area contributed by atoms with Gasteiger partial charge < -0.3 is 11.1 Å². The van der Waals surface area contributed by atoms with Crippen LogP contribution in [0.2, 0.25) is 0 Å². The van der Waals surface area contributed by atoms with Crippen LogP contribution in [0.1, 0.15) is 26.2 Å². The third kappa shape index (κ3) is 4.33. The Labute approximate surface area is 90.2 Å². The van der Waals surface area contributed by atoms with Gasteiger partial charge in [-0.25, -0.2) is 0 Å². The molecule has 0 radical (unpaired) electrons. The second kappa shape index (κ2) is 6.30. The first-order valence-corrected chi connectivity index (χ1v) is 6.46. The van der Waals surface area contributed by atoms with Crippen molar-refractivity contribution in [3.63, 3.8) is 0 Å². The monoisotopic (exact) mass is 216 g/mol. The van der Waals surface area contributed by atoms with Crippen molar-refractivity contribution in [2.45, 2.75) is 32.2 Å². The Morgan fingerprint density at radius 1 is 1.57 bits per heavy atom. The van der Waals surface area contributed by atoms with E-state index >= 15 is 0 Å². The van der Waals surface area contributed by atoms with Crippen LogP contribution in [0.5, 0.6) is 0 Å². The lowest BCUT2D eigenvalue weighted by atomic mass is 10.0. The van der Waals surface area contributed by atoms with Gasteiger partial charge in [0.1, 0.15) is 0 Å². The highest BCUT2D eigenvalue weighted by Gasteiger charge is 2.14. The van der Waals surface area contributed by atoms with Crippen molar-refractivity contribution in [1.29, 1.82) is 0 Å². The molecule has 3 nitrogen and oxygen atoms in total. The third-order valence-corrected chi connectivity index (χ3v) is 3.65. The van der Waals surface area contributed by atoms with E-state index in [2.05, 4.69) is 5.32 Å². The lowest BCUT2D eigenvalue weighted by Gasteiger charge is -2.15. The molecule has 0 bridgehead atoms. The summed E-state index contributed by atoms with van der Waals surface area (Å²) in [6.45, 7) is 2.53. The molecule has 0 aromatic carbocycles. The van der Waals surface area contributed by atoms with Crippen molar-refractivity contribution in [3.8, 4) is 0 Å². The van der Waals surface area contributed by atoms with Crippen molar-refractivity contribution in [3.05, 3.63) is 0 Å². The molecule has 82 valence electrons. The number of hydrogen-bond acceptors (Lipinski definition) is 3. The topological polar surface area (TPSA) is 55.1 Å².